The highest BCUT2D eigenvalue weighted by Crippen LogP contribution is 2.48. The second-order valence-electron chi connectivity index (χ2n) is 3.46. The van der Waals surface area contributed by atoms with Gasteiger partial charge in [0.05, 0.1) is 31.6 Å². The van der Waals surface area contributed by atoms with Crippen molar-refractivity contribution in [3.8, 4) is 0 Å². The van der Waals surface area contributed by atoms with Crippen LogP contribution in [0.4, 0.5) is 0 Å². The van der Waals surface area contributed by atoms with Gasteiger partial charge in [-0.25, -0.2) is 0 Å². The predicted molar refractivity (Wildman–Crippen MR) is 56.7 cm³/mol. The van der Waals surface area contributed by atoms with Crippen LogP contribution in [0.25, 0.3) is 0 Å². The summed E-state index contributed by atoms with van der Waals surface area (Å²) >= 11 is 0. The van der Waals surface area contributed by atoms with E-state index in [0.29, 0.717) is 0 Å². The monoisotopic (exact) mass is 294 g/mol. The molecule has 9 nitrogen and oxygen atoms in total. The first kappa shape index (κ1) is 17.2. The third kappa shape index (κ3) is 8.84. The summed E-state index contributed by atoms with van der Waals surface area (Å²) in [6.07, 6.45) is -2.21. The zero-order valence-electron chi connectivity index (χ0n) is 8.79. The standard InChI is InChI=1S/C6H16O9P2/c7-1-5(8)2-15-3-6(17(12,13)14)4-16(9,10)11/h5-8H,1-4H2,(H2,9,10,11)(H2,12,13,14). The third-order valence-electron chi connectivity index (χ3n) is 1.76. The molecule has 0 rings (SSSR count). The average molecular weight is 294 g/mol. The molecule has 0 aliphatic heterocycles. The quantitative estimate of drug-likeness (QED) is 0.280. The Morgan fingerprint density at radius 3 is 1.94 bits per heavy atom. The van der Waals surface area contributed by atoms with Gasteiger partial charge < -0.3 is 34.5 Å². The number of hydrogen-bond acceptors (Lipinski definition) is 5. The van der Waals surface area contributed by atoms with Gasteiger partial charge in [0.25, 0.3) is 0 Å². The molecule has 17 heavy (non-hydrogen) atoms. The summed E-state index contributed by atoms with van der Waals surface area (Å²) in [6.45, 7) is -1.58. The van der Waals surface area contributed by atoms with Crippen LogP contribution >= 0.6 is 15.2 Å². The van der Waals surface area contributed by atoms with E-state index >= 15 is 0 Å². The first-order valence-corrected chi connectivity index (χ1v) is 8.00. The molecule has 104 valence electrons. The molecule has 0 aromatic rings. The number of aliphatic hydroxyl groups is 2. The van der Waals surface area contributed by atoms with E-state index in [1.807, 2.05) is 0 Å². The summed E-state index contributed by atoms with van der Waals surface area (Å²) in [7, 11) is -9.28. The van der Waals surface area contributed by atoms with Crippen molar-refractivity contribution in [2.75, 3.05) is 26.0 Å². The van der Waals surface area contributed by atoms with E-state index < -0.39 is 46.3 Å². The maximum atomic E-state index is 10.9. The van der Waals surface area contributed by atoms with Gasteiger partial charge in [-0.2, -0.15) is 0 Å². The summed E-state index contributed by atoms with van der Waals surface area (Å²) < 4.78 is 26.2. The summed E-state index contributed by atoms with van der Waals surface area (Å²) in [5.41, 5.74) is -1.64. The molecule has 0 bridgehead atoms. The fraction of sp³-hybridized carbons (Fsp3) is 1.00. The average Bonchev–Trinajstić information content (AvgIpc) is 2.12. The minimum Gasteiger partial charge on any atom is -0.394 e. The van der Waals surface area contributed by atoms with Crippen LogP contribution in [-0.2, 0) is 13.9 Å². The minimum atomic E-state index is -4.70. The van der Waals surface area contributed by atoms with E-state index in [2.05, 4.69) is 4.74 Å². The van der Waals surface area contributed by atoms with Crippen LogP contribution in [0.3, 0.4) is 0 Å². The molecule has 0 aromatic heterocycles. The van der Waals surface area contributed by atoms with Crippen molar-refractivity contribution < 1.29 is 43.7 Å². The van der Waals surface area contributed by atoms with E-state index in [4.69, 9.17) is 29.8 Å². The van der Waals surface area contributed by atoms with Gasteiger partial charge in [-0.1, -0.05) is 0 Å². The minimum absolute atomic E-state index is 0.381. The Bertz CT molecular complexity index is 307. The van der Waals surface area contributed by atoms with Crippen LogP contribution in [-0.4, -0.2) is 67.5 Å². The topological polar surface area (TPSA) is 165 Å². The Balaban J connectivity index is 4.33. The van der Waals surface area contributed by atoms with Gasteiger partial charge in [0.15, 0.2) is 0 Å². The molecular weight excluding hydrogens is 278 g/mol. The van der Waals surface area contributed by atoms with Gasteiger partial charge in [0.1, 0.15) is 6.10 Å². The Hall–Kier alpha value is 0.180. The van der Waals surface area contributed by atoms with Gasteiger partial charge in [-0.3, -0.25) is 9.13 Å². The lowest BCUT2D eigenvalue weighted by atomic mass is 10.4. The lowest BCUT2D eigenvalue weighted by Gasteiger charge is -2.19. The van der Waals surface area contributed by atoms with Crippen molar-refractivity contribution in [1.29, 1.82) is 0 Å². The number of ether oxygens (including phenoxy) is 1. The lowest BCUT2D eigenvalue weighted by Crippen LogP contribution is -2.26. The molecule has 11 heteroatoms. The van der Waals surface area contributed by atoms with Crippen LogP contribution in [0.15, 0.2) is 0 Å². The molecule has 2 atom stereocenters. The molecule has 0 saturated heterocycles. The fourth-order valence-corrected chi connectivity index (χ4v) is 3.37. The fourth-order valence-electron chi connectivity index (χ4n) is 0.924. The molecule has 0 fully saturated rings. The van der Waals surface area contributed by atoms with Crippen molar-refractivity contribution in [2.45, 2.75) is 11.8 Å². The highest BCUT2D eigenvalue weighted by atomic mass is 31.2. The zero-order chi connectivity index (χ0) is 13.7. The van der Waals surface area contributed by atoms with Gasteiger partial charge in [-0.05, 0) is 0 Å². The van der Waals surface area contributed by atoms with Crippen LogP contribution in [0.1, 0.15) is 0 Å². The second kappa shape index (κ2) is 6.94. The summed E-state index contributed by atoms with van der Waals surface area (Å²) in [5, 5.41) is 17.3. The molecule has 0 spiro atoms. The van der Waals surface area contributed by atoms with Gasteiger partial charge in [-0.15, -0.1) is 0 Å². The number of aliphatic hydroxyl groups excluding tert-OH is 2. The van der Waals surface area contributed by atoms with E-state index in [1.54, 1.807) is 0 Å². The van der Waals surface area contributed by atoms with Crippen molar-refractivity contribution in [1.82, 2.24) is 0 Å². The molecule has 0 aromatic carbocycles. The maximum Gasteiger partial charge on any atom is 0.331 e. The first-order chi connectivity index (χ1) is 7.56. The van der Waals surface area contributed by atoms with Gasteiger partial charge in [0.2, 0.25) is 0 Å². The summed E-state index contributed by atoms with van der Waals surface area (Å²) in [6, 6.07) is 0. The maximum absolute atomic E-state index is 10.9. The number of rotatable bonds is 8. The summed E-state index contributed by atoms with van der Waals surface area (Å²) in [4.78, 5) is 34.9. The van der Waals surface area contributed by atoms with Gasteiger partial charge >= 0.3 is 15.2 Å². The molecule has 6 N–H and O–H groups in total. The van der Waals surface area contributed by atoms with Crippen molar-refractivity contribution in [3.63, 3.8) is 0 Å². The zero-order valence-corrected chi connectivity index (χ0v) is 10.6. The van der Waals surface area contributed by atoms with E-state index in [-0.39, 0.29) is 6.61 Å². The number of hydrogen-bond donors (Lipinski definition) is 6. The second-order valence-corrected chi connectivity index (χ2v) is 7.07. The van der Waals surface area contributed by atoms with Gasteiger partial charge in [0, 0.05) is 0 Å². The Kier molecular flexibility index (Phi) is 7.01. The molecule has 0 saturated carbocycles. The summed E-state index contributed by atoms with van der Waals surface area (Å²) in [5.74, 6) is 0. The SMILES string of the molecule is O=P(O)(O)CC(COCC(O)CO)P(=O)(O)O. The molecular formula is C6H16O9P2. The van der Waals surface area contributed by atoms with Crippen molar-refractivity contribution in [2.24, 2.45) is 0 Å². The van der Waals surface area contributed by atoms with Crippen LogP contribution in [0, 0.1) is 0 Å². The smallest absolute Gasteiger partial charge is 0.331 e. The van der Waals surface area contributed by atoms with Crippen LogP contribution < -0.4 is 0 Å². The van der Waals surface area contributed by atoms with Crippen molar-refractivity contribution >= 4 is 15.2 Å². The predicted octanol–water partition coefficient (Wildman–Crippen LogP) is -1.92. The third-order valence-corrected chi connectivity index (χ3v) is 4.24. The first-order valence-electron chi connectivity index (χ1n) is 4.52. The normalized spacial score (nSPS) is 16.8. The Morgan fingerprint density at radius 2 is 1.59 bits per heavy atom. The Labute approximate surface area is 97.4 Å². The van der Waals surface area contributed by atoms with E-state index in [0.717, 1.165) is 0 Å². The lowest BCUT2D eigenvalue weighted by molar-refractivity contribution is 0.00602. The molecule has 0 aliphatic rings. The highest BCUT2D eigenvalue weighted by Gasteiger charge is 2.35. The molecule has 0 heterocycles. The molecule has 0 aliphatic carbocycles. The largest absolute Gasteiger partial charge is 0.394 e. The van der Waals surface area contributed by atoms with E-state index in [9.17, 15) is 9.13 Å². The molecule has 0 radical (unpaired) electrons. The van der Waals surface area contributed by atoms with Crippen molar-refractivity contribution in [3.05, 3.63) is 0 Å². The molecule has 2 unspecified atom stereocenters. The Morgan fingerprint density at radius 1 is 1.06 bits per heavy atom. The highest BCUT2D eigenvalue weighted by molar-refractivity contribution is 7.56. The van der Waals surface area contributed by atoms with E-state index in [1.165, 1.54) is 0 Å². The molecule has 0 amide bonds. The van der Waals surface area contributed by atoms with Crippen LogP contribution in [0.5, 0.6) is 0 Å². The van der Waals surface area contributed by atoms with Crippen LogP contribution in [0.2, 0.25) is 0 Å².